The minimum absolute atomic E-state index is 0.175. The average Bonchev–Trinajstić information content (AvgIpc) is 2.88. The van der Waals surface area contributed by atoms with E-state index in [-0.39, 0.29) is 18.6 Å². The predicted molar refractivity (Wildman–Crippen MR) is 71.9 cm³/mol. The van der Waals surface area contributed by atoms with Gasteiger partial charge in [-0.1, -0.05) is 25.0 Å². The molecular formula is C14H22N2O3. The molecule has 106 valence electrons. The summed E-state index contributed by atoms with van der Waals surface area (Å²) in [6.07, 6.45) is 10.2. The first-order valence-corrected chi connectivity index (χ1v) is 7.05. The summed E-state index contributed by atoms with van der Waals surface area (Å²) in [6, 6.07) is -0.0674. The van der Waals surface area contributed by atoms with E-state index in [9.17, 15) is 14.7 Å². The Balaban J connectivity index is 1.79. The van der Waals surface area contributed by atoms with E-state index >= 15 is 0 Å². The molecule has 2 rings (SSSR count). The van der Waals surface area contributed by atoms with E-state index in [0.29, 0.717) is 12.8 Å². The van der Waals surface area contributed by atoms with Crippen LogP contribution >= 0.6 is 0 Å². The first-order chi connectivity index (χ1) is 9.12. The molecule has 2 amide bonds. The van der Waals surface area contributed by atoms with E-state index in [0.717, 1.165) is 32.1 Å². The summed E-state index contributed by atoms with van der Waals surface area (Å²) in [5, 5.41) is 15.0. The highest BCUT2D eigenvalue weighted by Crippen LogP contribution is 2.37. The Labute approximate surface area is 113 Å². The van der Waals surface area contributed by atoms with Crippen molar-refractivity contribution < 1.29 is 14.7 Å². The Bertz CT molecular complexity index is 373. The van der Waals surface area contributed by atoms with E-state index in [2.05, 4.69) is 22.8 Å². The molecule has 3 N–H and O–H groups in total. The van der Waals surface area contributed by atoms with Gasteiger partial charge in [-0.3, -0.25) is 4.79 Å². The van der Waals surface area contributed by atoms with Crippen molar-refractivity contribution in [1.82, 2.24) is 10.6 Å². The molecule has 0 heterocycles. The molecular weight excluding hydrogens is 244 g/mol. The number of hydrogen-bond donors (Lipinski definition) is 3. The summed E-state index contributed by atoms with van der Waals surface area (Å²) in [4.78, 5) is 23.1. The molecule has 0 saturated heterocycles. The zero-order chi connectivity index (χ0) is 13.7. The van der Waals surface area contributed by atoms with Gasteiger partial charge >= 0.3 is 12.0 Å². The molecule has 0 spiro atoms. The van der Waals surface area contributed by atoms with Crippen molar-refractivity contribution in [2.45, 2.75) is 51.0 Å². The number of carboxylic acid groups (broad SMARTS) is 1. The van der Waals surface area contributed by atoms with Gasteiger partial charge in [-0.25, -0.2) is 4.79 Å². The quantitative estimate of drug-likeness (QED) is 0.681. The maximum absolute atomic E-state index is 11.8. The van der Waals surface area contributed by atoms with Gasteiger partial charge in [-0.15, -0.1) is 0 Å². The zero-order valence-electron chi connectivity index (χ0n) is 11.2. The molecule has 0 aromatic carbocycles. The van der Waals surface area contributed by atoms with Gasteiger partial charge in [0, 0.05) is 12.6 Å². The zero-order valence-corrected chi connectivity index (χ0v) is 11.2. The van der Waals surface area contributed by atoms with E-state index in [1.54, 1.807) is 0 Å². The molecule has 1 unspecified atom stereocenters. The lowest BCUT2D eigenvalue weighted by Gasteiger charge is -2.25. The molecule has 0 aliphatic heterocycles. The van der Waals surface area contributed by atoms with Crippen LogP contribution in [-0.4, -0.2) is 29.7 Å². The maximum atomic E-state index is 11.8. The summed E-state index contributed by atoms with van der Waals surface area (Å²) >= 11 is 0. The van der Waals surface area contributed by atoms with E-state index in [4.69, 9.17) is 0 Å². The third-order valence-corrected chi connectivity index (χ3v) is 4.21. The molecule has 0 bridgehead atoms. The first-order valence-electron chi connectivity index (χ1n) is 7.05. The molecule has 1 saturated carbocycles. The van der Waals surface area contributed by atoms with E-state index in [1.807, 2.05) is 0 Å². The third-order valence-electron chi connectivity index (χ3n) is 4.21. The number of nitrogens with one attached hydrogen (secondary N) is 2. The van der Waals surface area contributed by atoms with Crippen LogP contribution in [0, 0.1) is 5.41 Å². The maximum Gasteiger partial charge on any atom is 0.315 e. The van der Waals surface area contributed by atoms with Crippen LogP contribution in [-0.2, 0) is 4.79 Å². The van der Waals surface area contributed by atoms with Gasteiger partial charge in [-0.05, 0) is 32.1 Å². The first kappa shape index (κ1) is 13.9. The molecule has 0 aromatic heterocycles. The molecule has 0 aromatic rings. The van der Waals surface area contributed by atoms with Gasteiger partial charge in [0.15, 0.2) is 0 Å². The van der Waals surface area contributed by atoms with Crippen molar-refractivity contribution in [3.63, 3.8) is 0 Å². The lowest BCUT2D eigenvalue weighted by molar-refractivity contribution is -0.148. The number of urea groups is 1. The SMILES string of the molecule is O=C(NCC1(C(=O)O)CCCC1)NC1CC=CCC1. The number of hydrogen-bond acceptors (Lipinski definition) is 2. The number of carbonyl (C=O) groups excluding carboxylic acids is 1. The van der Waals surface area contributed by atoms with Crippen molar-refractivity contribution in [2.75, 3.05) is 6.54 Å². The standard InChI is InChI=1S/C14H22N2O3/c17-12(18)14(8-4-5-9-14)10-15-13(19)16-11-6-2-1-3-7-11/h1-2,11H,3-10H2,(H,17,18)(H2,15,16,19). The summed E-state index contributed by atoms with van der Waals surface area (Å²) < 4.78 is 0. The Morgan fingerprint density at radius 1 is 1.26 bits per heavy atom. The van der Waals surface area contributed by atoms with Crippen molar-refractivity contribution >= 4 is 12.0 Å². The van der Waals surface area contributed by atoms with Crippen LogP contribution < -0.4 is 10.6 Å². The lowest BCUT2D eigenvalue weighted by atomic mass is 9.86. The third kappa shape index (κ3) is 3.49. The molecule has 2 aliphatic rings. The normalized spacial score (nSPS) is 24.9. The van der Waals surface area contributed by atoms with Crippen molar-refractivity contribution in [3.05, 3.63) is 12.2 Å². The summed E-state index contributed by atoms with van der Waals surface area (Å²) in [5.74, 6) is -0.786. The summed E-state index contributed by atoms with van der Waals surface area (Å²) in [6.45, 7) is 0.233. The molecule has 5 nitrogen and oxygen atoms in total. The number of allylic oxidation sites excluding steroid dienone is 1. The Morgan fingerprint density at radius 3 is 2.58 bits per heavy atom. The van der Waals surface area contributed by atoms with Crippen molar-refractivity contribution in [2.24, 2.45) is 5.41 Å². The number of carbonyl (C=O) groups is 2. The van der Waals surface area contributed by atoms with Crippen LogP contribution in [0.3, 0.4) is 0 Å². The average molecular weight is 266 g/mol. The molecule has 1 atom stereocenters. The van der Waals surface area contributed by atoms with Crippen LogP contribution in [0.4, 0.5) is 4.79 Å². The van der Waals surface area contributed by atoms with Crippen LogP contribution in [0.1, 0.15) is 44.9 Å². The summed E-state index contributed by atoms with van der Waals surface area (Å²) in [7, 11) is 0. The van der Waals surface area contributed by atoms with Crippen LogP contribution in [0.2, 0.25) is 0 Å². The molecule has 2 aliphatic carbocycles. The van der Waals surface area contributed by atoms with Crippen LogP contribution in [0.5, 0.6) is 0 Å². The molecule has 5 heteroatoms. The molecule has 19 heavy (non-hydrogen) atoms. The fourth-order valence-corrected chi connectivity index (χ4v) is 2.93. The number of aliphatic carboxylic acids is 1. The largest absolute Gasteiger partial charge is 0.481 e. The Kier molecular flexibility index (Phi) is 4.45. The van der Waals surface area contributed by atoms with Crippen LogP contribution in [0.25, 0.3) is 0 Å². The Morgan fingerprint density at radius 2 is 2.00 bits per heavy atom. The number of rotatable bonds is 4. The molecule has 1 fully saturated rings. The molecule has 0 radical (unpaired) electrons. The highest BCUT2D eigenvalue weighted by atomic mass is 16.4. The predicted octanol–water partition coefficient (Wildman–Crippen LogP) is 2.04. The monoisotopic (exact) mass is 266 g/mol. The second-order valence-corrected chi connectivity index (χ2v) is 5.60. The van der Waals surface area contributed by atoms with Crippen LogP contribution in [0.15, 0.2) is 12.2 Å². The number of carboxylic acids is 1. The van der Waals surface area contributed by atoms with Gasteiger partial charge in [0.25, 0.3) is 0 Å². The van der Waals surface area contributed by atoms with Gasteiger partial charge in [0.2, 0.25) is 0 Å². The second-order valence-electron chi connectivity index (χ2n) is 5.60. The van der Waals surface area contributed by atoms with Gasteiger partial charge < -0.3 is 15.7 Å². The second kappa shape index (κ2) is 6.08. The lowest BCUT2D eigenvalue weighted by Crippen LogP contribution is -2.47. The highest BCUT2D eigenvalue weighted by molar-refractivity contribution is 5.78. The fraction of sp³-hybridized carbons (Fsp3) is 0.714. The topological polar surface area (TPSA) is 78.4 Å². The number of amides is 2. The van der Waals surface area contributed by atoms with E-state index < -0.39 is 11.4 Å². The van der Waals surface area contributed by atoms with Gasteiger partial charge in [0.05, 0.1) is 5.41 Å². The van der Waals surface area contributed by atoms with E-state index in [1.165, 1.54) is 0 Å². The van der Waals surface area contributed by atoms with Crippen molar-refractivity contribution in [3.8, 4) is 0 Å². The van der Waals surface area contributed by atoms with Crippen molar-refractivity contribution in [1.29, 1.82) is 0 Å². The highest BCUT2D eigenvalue weighted by Gasteiger charge is 2.41. The minimum atomic E-state index is -0.786. The smallest absolute Gasteiger partial charge is 0.315 e. The minimum Gasteiger partial charge on any atom is -0.481 e. The summed E-state index contributed by atoms with van der Waals surface area (Å²) in [5.41, 5.74) is -0.746. The fourth-order valence-electron chi connectivity index (χ4n) is 2.93. The van der Waals surface area contributed by atoms with Gasteiger partial charge in [-0.2, -0.15) is 0 Å². The van der Waals surface area contributed by atoms with Gasteiger partial charge in [0.1, 0.15) is 0 Å². The Hall–Kier alpha value is -1.52.